The third-order valence-corrected chi connectivity index (χ3v) is 6.11. The van der Waals surface area contributed by atoms with Crippen LogP contribution in [0.4, 0.5) is 0 Å². The molecule has 0 nitrogen and oxygen atoms in total. The average Bonchev–Trinajstić information content (AvgIpc) is 3.22. The SMILES string of the molecule is C#CCCC(C)(C1=C(C)C=CC1)C1c2ccccc2-c2ccccc21. The summed E-state index contributed by atoms with van der Waals surface area (Å²) in [6.07, 6.45) is 13.1. The second kappa shape index (κ2) is 6.08. The van der Waals surface area contributed by atoms with E-state index in [1.54, 1.807) is 5.57 Å². The van der Waals surface area contributed by atoms with E-state index in [0.29, 0.717) is 5.92 Å². The van der Waals surface area contributed by atoms with Crippen molar-refractivity contribution in [3.05, 3.63) is 83.0 Å². The number of hydrogen-bond donors (Lipinski definition) is 0. The summed E-state index contributed by atoms with van der Waals surface area (Å²) in [6, 6.07) is 17.8. The van der Waals surface area contributed by atoms with Gasteiger partial charge in [0.15, 0.2) is 0 Å². The quantitative estimate of drug-likeness (QED) is 0.563. The molecular formula is C25H24. The molecule has 1 atom stereocenters. The van der Waals surface area contributed by atoms with E-state index in [1.165, 1.54) is 27.8 Å². The molecule has 2 aromatic carbocycles. The first kappa shape index (κ1) is 16.0. The maximum atomic E-state index is 5.68. The molecule has 0 bridgehead atoms. The van der Waals surface area contributed by atoms with Gasteiger partial charge in [0, 0.05) is 17.8 Å². The Labute approximate surface area is 151 Å². The third-order valence-electron chi connectivity index (χ3n) is 6.11. The van der Waals surface area contributed by atoms with Crippen molar-refractivity contribution in [3.8, 4) is 23.5 Å². The number of terminal acetylenes is 1. The summed E-state index contributed by atoms with van der Waals surface area (Å²) in [7, 11) is 0. The molecule has 0 fully saturated rings. The molecule has 25 heavy (non-hydrogen) atoms. The minimum Gasteiger partial charge on any atom is -0.120 e. The number of benzene rings is 2. The number of fused-ring (bicyclic) bond motifs is 3. The van der Waals surface area contributed by atoms with Crippen LogP contribution in [0.25, 0.3) is 11.1 Å². The average molecular weight is 324 g/mol. The van der Waals surface area contributed by atoms with Gasteiger partial charge in [0.1, 0.15) is 0 Å². The van der Waals surface area contributed by atoms with Gasteiger partial charge in [-0.05, 0) is 42.0 Å². The molecule has 4 rings (SSSR count). The van der Waals surface area contributed by atoms with Gasteiger partial charge in [-0.3, -0.25) is 0 Å². The largest absolute Gasteiger partial charge is 0.120 e. The van der Waals surface area contributed by atoms with Gasteiger partial charge in [-0.15, -0.1) is 12.3 Å². The van der Waals surface area contributed by atoms with Crippen LogP contribution < -0.4 is 0 Å². The van der Waals surface area contributed by atoms with Crippen molar-refractivity contribution in [1.82, 2.24) is 0 Å². The lowest BCUT2D eigenvalue weighted by atomic mass is 9.64. The van der Waals surface area contributed by atoms with E-state index in [0.717, 1.165) is 19.3 Å². The maximum absolute atomic E-state index is 5.68. The summed E-state index contributed by atoms with van der Waals surface area (Å²) in [6.45, 7) is 4.68. The standard InChI is InChI=1S/C25H24/c1-4-5-17-25(3,23-16-10-11-18(23)2)24-21-14-8-6-12-19(21)20-13-7-9-15-22(20)24/h1,6-15,24H,5,16-17H2,2-3H3. The Bertz CT molecular complexity index is 874. The molecule has 0 aromatic heterocycles. The van der Waals surface area contributed by atoms with Crippen LogP contribution in [-0.4, -0.2) is 0 Å². The van der Waals surface area contributed by atoms with E-state index in [1.807, 2.05) is 0 Å². The Morgan fingerprint density at radius 1 is 1.04 bits per heavy atom. The van der Waals surface area contributed by atoms with Gasteiger partial charge in [-0.1, -0.05) is 78.8 Å². The smallest absolute Gasteiger partial charge is 0.0193 e. The van der Waals surface area contributed by atoms with E-state index in [9.17, 15) is 0 Å². The third kappa shape index (κ3) is 2.38. The Morgan fingerprint density at radius 3 is 2.16 bits per heavy atom. The maximum Gasteiger partial charge on any atom is 0.0193 e. The van der Waals surface area contributed by atoms with E-state index in [2.05, 4.69) is 80.5 Å². The monoisotopic (exact) mass is 324 g/mol. The summed E-state index contributed by atoms with van der Waals surface area (Å²) in [5.74, 6) is 3.26. The minimum absolute atomic E-state index is 0.0443. The number of allylic oxidation sites excluding steroid dienone is 4. The van der Waals surface area contributed by atoms with Gasteiger partial charge in [0.2, 0.25) is 0 Å². The molecule has 0 aliphatic heterocycles. The molecule has 0 heterocycles. The zero-order valence-electron chi connectivity index (χ0n) is 15.0. The fourth-order valence-corrected chi connectivity index (χ4v) is 4.94. The van der Waals surface area contributed by atoms with Gasteiger partial charge in [0.25, 0.3) is 0 Å². The van der Waals surface area contributed by atoms with E-state index >= 15 is 0 Å². The van der Waals surface area contributed by atoms with E-state index < -0.39 is 0 Å². The Hall–Kier alpha value is -2.52. The Morgan fingerprint density at radius 2 is 1.64 bits per heavy atom. The van der Waals surface area contributed by atoms with Crippen molar-refractivity contribution in [2.45, 2.75) is 39.0 Å². The second-order valence-electron chi connectivity index (χ2n) is 7.50. The van der Waals surface area contributed by atoms with Crippen LogP contribution >= 0.6 is 0 Å². The molecule has 0 amide bonds. The predicted molar refractivity (Wildman–Crippen MR) is 106 cm³/mol. The highest BCUT2D eigenvalue weighted by molar-refractivity contribution is 5.79. The van der Waals surface area contributed by atoms with Crippen molar-refractivity contribution < 1.29 is 0 Å². The number of hydrogen-bond acceptors (Lipinski definition) is 0. The first-order valence-electron chi connectivity index (χ1n) is 9.15. The summed E-state index contributed by atoms with van der Waals surface area (Å²) in [5, 5.41) is 0. The van der Waals surface area contributed by atoms with Crippen molar-refractivity contribution in [2.75, 3.05) is 0 Å². The summed E-state index contributed by atoms with van der Waals surface area (Å²) >= 11 is 0. The number of rotatable bonds is 4. The zero-order chi connectivity index (χ0) is 17.4. The van der Waals surface area contributed by atoms with Crippen LogP contribution in [0.2, 0.25) is 0 Å². The molecule has 1 unspecified atom stereocenters. The summed E-state index contributed by atoms with van der Waals surface area (Å²) < 4.78 is 0. The molecule has 2 aliphatic carbocycles. The highest BCUT2D eigenvalue weighted by Gasteiger charge is 2.44. The van der Waals surface area contributed by atoms with Crippen LogP contribution in [0, 0.1) is 17.8 Å². The van der Waals surface area contributed by atoms with Crippen LogP contribution in [0.5, 0.6) is 0 Å². The minimum atomic E-state index is 0.0443. The molecule has 2 aliphatic rings. The second-order valence-corrected chi connectivity index (χ2v) is 7.50. The molecule has 0 saturated carbocycles. The summed E-state index contributed by atoms with van der Waals surface area (Å²) in [4.78, 5) is 0. The highest BCUT2D eigenvalue weighted by Crippen LogP contribution is 2.58. The van der Waals surface area contributed by atoms with Crippen molar-refractivity contribution in [2.24, 2.45) is 5.41 Å². The Kier molecular flexibility index (Phi) is 3.89. The first-order chi connectivity index (χ1) is 12.2. The fourth-order valence-electron chi connectivity index (χ4n) is 4.94. The van der Waals surface area contributed by atoms with Gasteiger partial charge >= 0.3 is 0 Å². The molecule has 0 heteroatoms. The zero-order valence-corrected chi connectivity index (χ0v) is 15.0. The van der Waals surface area contributed by atoms with Gasteiger partial charge in [-0.2, -0.15) is 0 Å². The predicted octanol–water partition coefficient (Wildman–Crippen LogP) is 6.50. The lowest BCUT2D eigenvalue weighted by Crippen LogP contribution is -2.28. The lowest BCUT2D eigenvalue weighted by Gasteiger charge is -2.39. The first-order valence-corrected chi connectivity index (χ1v) is 9.15. The normalized spacial score (nSPS) is 18.0. The van der Waals surface area contributed by atoms with Crippen LogP contribution in [-0.2, 0) is 0 Å². The lowest BCUT2D eigenvalue weighted by molar-refractivity contribution is 0.321. The van der Waals surface area contributed by atoms with E-state index in [-0.39, 0.29) is 5.41 Å². The molecule has 0 spiro atoms. The van der Waals surface area contributed by atoms with Gasteiger partial charge in [-0.25, -0.2) is 0 Å². The van der Waals surface area contributed by atoms with Gasteiger partial charge < -0.3 is 0 Å². The van der Waals surface area contributed by atoms with Crippen molar-refractivity contribution >= 4 is 0 Å². The molecule has 0 saturated heterocycles. The van der Waals surface area contributed by atoms with Crippen molar-refractivity contribution in [3.63, 3.8) is 0 Å². The molecule has 0 radical (unpaired) electrons. The molecular weight excluding hydrogens is 300 g/mol. The molecule has 2 aromatic rings. The van der Waals surface area contributed by atoms with Crippen LogP contribution in [0.3, 0.4) is 0 Å². The topological polar surface area (TPSA) is 0 Å². The van der Waals surface area contributed by atoms with Crippen LogP contribution in [0.1, 0.15) is 50.2 Å². The summed E-state index contributed by atoms with van der Waals surface area (Å²) in [5.41, 5.74) is 8.70. The van der Waals surface area contributed by atoms with Crippen molar-refractivity contribution in [1.29, 1.82) is 0 Å². The highest BCUT2D eigenvalue weighted by atomic mass is 14.5. The fraction of sp³-hybridized carbons (Fsp3) is 0.280. The molecule has 124 valence electrons. The van der Waals surface area contributed by atoms with Crippen LogP contribution in [0.15, 0.2) is 71.8 Å². The molecule has 0 N–H and O–H groups in total. The van der Waals surface area contributed by atoms with Gasteiger partial charge in [0.05, 0.1) is 0 Å². The van der Waals surface area contributed by atoms with E-state index in [4.69, 9.17) is 6.42 Å². The Balaban J connectivity index is 1.94.